The second-order valence-corrected chi connectivity index (χ2v) is 9.36. The molecule has 0 saturated carbocycles. The summed E-state index contributed by atoms with van der Waals surface area (Å²) in [4.78, 5) is 24.1. The number of para-hydroxylation sites is 2. The molecule has 1 aromatic heterocycles. The molecule has 0 radical (unpaired) electrons. The lowest BCUT2D eigenvalue weighted by atomic mass is 10.1. The van der Waals surface area contributed by atoms with Gasteiger partial charge in [0.1, 0.15) is 5.75 Å². The summed E-state index contributed by atoms with van der Waals surface area (Å²) in [5.74, 6) is 1.84. The number of ether oxygens (including phenoxy) is 3. The van der Waals surface area contributed by atoms with Gasteiger partial charge in [0.05, 0.1) is 31.9 Å². The fourth-order valence-corrected chi connectivity index (χ4v) is 5.31. The molecule has 1 N–H and O–H groups in total. The van der Waals surface area contributed by atoms with E-state index >= 15 is 0 Å². The molecule has 2 heterocycles. The second-order valence-electron chi connectivity index (χ2n) is 8.35. The number of nitrogens with zero attached hydrogens (tertiary/aromatic N) is 2. The minimum Gasteiger partial charge on any atom is -0.497 e. The van der Waals surface area contributed by atoms with Crippen LogP contribution < -0.4 is 14.2 Å². The van der Waals surface area contributed by atoms with Crippen LogP contribution in [0.3, 0.4) is 0 Å². The second kappa shape index (κ2) is 10.8. The third kappa shape index (κ3) is 5.06. The molecule has 188 valence electrons. The molecular formula is C29H27N3O4S. The smallest absolute Gasteiger partial charge is 0.266 e. The summed E-state index contributed by atoms with van der Waals surface area (Å²) >= 11 is 1.35. The van der Waals surface area contributed by atoms with Crippen LogP contribution >= 0.6 is 11.8 Å². The Morgan fingerprint density at radius 2 is 1.76 bits per heavy atom. The van der Waals surface area contributed by atoms with E-state index in [9.17, 15) is 4.79 Å². The number of nitrogens with one attached hydrogen (secondary N) is 1. The van der Waals surface area contributed by atoms with Crippen molar-refractivity contribution in [2.24, 2.45) is 4.99 Å². The van der Waals surface area contributed by atoms with Gasteiger partial charge in [0.15, 0.2) is 16.7 Å². The number of fused-ring (bicyclic) bond motifs is 1. The van der Waals surface area contributed by atoms with Crippen LogP contribution in [0.25, 0.3) is 17.0 Å². The highest BCUT2D eigenvalue weighted by atomic mass is 32.2. The van der Waals surface area contributed by atoms with Crippen LogP contribution in [-0.4, -0.2) is 48.8 Å². The zero-order valence-corrected chi connectivity index (χ0v) is 21.7. The van der Waals surface area contributed by atoms with E-state index in [1.54, 1.807) is 26.2 Å². The predicted molar refractivity (Wildman–Crippen MR) is 149 cm³/mol. The molecule has 0 aliphatic carbocycles. The molecule has 1 saturated heterocycles. The normalized spacial score (nSPS) is 15.6. The van der Waals surface area contributed by atoms with Gasteiger partial charge >= 0.3 is 0 Å². The van der Waals surface area contributed by atoms with Gasteiger partial charge in [0.2, 0.25) is 0 Å². The first-order valence-corrected chi connectivity index (χ1v) is 12.6. The van der Waals surface area contributed by atoms with Crippen molar-refractivity contribution >= 4 is 45.5 Å². The number of carbonyl (C=O) groups is 1. The summed E-state index contributed by atoms with van der Waals surface area (Å²) in [6.45, 7) is 0.495. The molecule has 0 atom stereocenters. The Morgan fingerprint density at radius 1 is 0.946 bits per heavy atom. The molecule has 4 aromatic rings. The number of H-pyrrole nitrogens is 1. The standard InChI is InChI=1S/C29H27N3O4S/c1-34-22-13-11-21(12-14-22)31-29-32(16-15-20-18-30-24-9-5-4-8-23(20)24)28(33)26(37-29)17-19-7-6-10-25(35-2)27(19)36-3/h4-14,17-18,30H,15-16H2,1-3H3. The van der Waals surface area contributed by atoms with Gasteiger partial charge in [0.25, 0.3) is 5.91 Å². The average Bonchev–Trinajstić information content (AvgIpc) is 3.47. The first-order chi connectivity index (χ1) is 18.1. The minimum absolute atomic E-state index is 0.0954. The Bertz CT molecular complexity index is 1490. The van der Waals surface area contributed by atoms with E-state index in [0.717, 1.165) is 33.5 Å². The van der Waals surface area contributed by atoms with Crippen LogP contribution in [0.1, 0.15) is 11.1 Å². The Labute approximate surface area is 219 Å². The van der Waals surface area contributed by atoms with Gasteiger partial charge in [-0.25, -0.2) is 4.99 Å². The highest BCUT2D eigenvalue weighted by Gasteiger charge is 2.33. The predicted octanol–water partition coefficient (Wildman–Crippen LogP) is 6.04. The molecule has 5 rings (SSSR count). The van der Waals surface area contributed by atoms with E-state index in [4.69, 9.17) is 19.2 Å². The average molecular weight is 514 g/mol. The van der Waals surface area contributed by atoms with E-state index in [2.05, 4.69) is 17.1 Å². The zero-order chi connectivity index (χ0) is 25.8. The van der Waals surface area contributed by atoms with Crippen LogP contribution in [-0.2, 0) is 11.2 Å². The monoisotopic (exact) mass is 513 g/mol. The number of hydrogen-bond acceptors (Lipinski definition) is 6. The number of methoxy groups -OCH3 is 3. The van der Waals surface area contributed by atoms with Gasteiger partial charge in [-0.1, -0.05) is 30.3 Å². The Hall–Kier alpha value is -4.17. The first kappa shape index (κ1) is 24.5. The number of hydrogen-bond donors (Lipinski definition) is 1. The fraction of sp³-hybridized carbons (Fsp3) is 0.172. The maximum Gasteiger partial charge on any atom is 0.266 e. The van der Waals surface area contributed by atoms with Gasteiger partial charge in [-0.15, -0.1) is 0 Å². The highest BCUT2D eigenvalue weighted by molar-refractivity contribution is 8.18. The van der Waals surface area contributed by atoms with E-state index in [1.165, 1.54) is 11.8 Å². The van der Waals surface area contributed by atoms with Crippen LogP contribution in [0.5, 0.6) is 17.2 Å². The van der Waals surface area contributed by atoms with Crippen molar-refractivity contribution in [2.45, 2.75) is 6.42 Å². The molecule has 1 aliphatic heterocycles. The van der Waals surface area contributed by atoms with Crippen LogP contribution in [0.15, 0.2) is 82.8 Å². The number of amides is 1. The van der Waals surface area contributed by atoms with Crippen LogP contribution in [0.4, 0.5) is 5.69 Å². The van der Waals surface area contributed by atoms with Crippen molar-refractivity contribution in [2.75, 3.05) is 27.9 Å². The third-order valence-electron chi connectivity index (χ3n) is 6.18. The number of aliphatic imine (C=N–C) groups is 1. The molecule has 0 bridgehead atoms. The number of rotatable bonds is 8. The van der Waals surface area contributed by atoms with Crippen molar-refractivity contribution in [1.82, 2.24) is 9.88 Å². The number of aromatic nitrogens is 1. The van der Waals surface area contributed by atoms with E-state index in [0.29, 0.717) is 34.5 Å². The number of benzene rings is 3. The number of aromatic amines is 1. The molecule has 0 spiro atoms. The summed E-state index contributed by atoms with van der Waals surface area (Å²) in [5, 5.41) is 1.79. The molecule has 37 heavy (non-hydrogen) atoms. The number of amidine groups is 1. The molecule has 1 amide bonds. The summed E-state index contributed by atoms with van der Waals surface area (Å²) in [5.41, 5.74) is 3.75. The van der Waals surface area contributed by atoms with Gasteiger partial charge in [-0.05, 0) is 66.2 Å². The Balaban J connectivity index is 1.49. The number of thioether (sulfide) groups is 1. The van der Waals surface area contributed by atoms with Crippen molar-refractivity contribution in [3.8, 4) is 17.2 Å². The molecule has 1 aliphatic rings. The molecule has 7 nitrogen and oxygen atoms in total. The molecule has 8 heteroatoms. The van der Waals surface area contributed by atoms with Crippen LogP contribution in [0.2, 0.25) is 0 Å². The quantitative estimate of drug-likeness (QED) is 0.291. The summed E-state index contributed by atoms with van der Waals surface area (Å²) in [7, 11) is 4.81. The van der Waals surface area contributed by atoms with Gasteiger partial charge in [-0.2, -0.15) is 0 Å². The molecule has 1 fully saturated rings. The maximum atomic E-state index is 13.6. The van der Waals surface area contributed by atoms with Gasteiger partial charge < -0.3 is 19.2 Å². The minimum atomic E-state index is -0.0954. The molecule has 3 aromatic carbocycles. The Kier molecular flexibility index (Phi) is 7.18. The van der Waals surface area contributed by atoms with E-state index in [1.807, 2.05) is 66.9 Å². The lowest BCUT2D eigenvalue weighted by Crippen LogP contribution is -2.31. The lowest BCUT2D eigenvalue weighted by Gasteiger charge is -2.15. The molecular weight excluding hydrogens is 486 g/mol. The van der Waals surface area contributed by atoms with E-state index < -0.39 is 0 Å². The Morgan fingerprint density at radius 3 is 2.51 bits per heavy atom. The number of carbonyl (C=O) groups excluding carboxylic acids is 1. The summed E-state index contributed by atoms with van der Waals surface area (Å²) in [6.07, 6.45) is 4.54. The van der Waals surface area contributed by atoms with Gasteiger partial charge in [0, 0.05) is 29.2 Å². The highest BCUT2D eigenvalue weighted by Crippen LogP contribution is 2.38. The zero-order valence-electron chi connectivity index (χ0n) is 20.9. The van der Waals surface area contributed by atoms with E-state index in [-0.39, 0.29) is 5.91 Å². The molecule has 0 unspecified atom stereocenters. The first-order valence-electron chi connectivity index (χ1n) is 11.8. The SMILES string of the molecule is COc1ccc(N=C2SC(=Cc3cccc(OC)c3OC)C(=O)N2CCc2c[nH]c3ccccc23)cc1. The van der Waals surface area contributed by atoms with Crippen LogP contribution in [0, 0.1) is 0 Å². The van der Waals surface area contributed by atoms with Gasteiger partial charge in [-0.3, -0.25) is 9.69 Å². The third-order valence-corrected chi connectivity index (χ3v) is 7.19. The fourth-order valence-electron chi connectivity index (χ4n) is 4.29. The van der Waals surface area contributed by atoms with Crippen molar-refractivity contribution in [1.29, 1.82) is 0 Å². The van der Waals surface area contributed by atoms with Crippen molar-refractivity contribution in [3.63, 3.8) is 0 Å². The summed E-state index contributed by atoms with van der Waals surface area (Å²) in [6, 6.07) is 21.2. The van der Waals surface area contributed by atoms with Crippen molar-refractivity contribution in [3.05, 3.63) is 89.0 Å². The van der Waals surface area contributed by atoms with Crippen molar-refractivity contribution < 1.29 is 19.0 Å². The summed E-state index contributed by atoms with van der Waals surface area (Å²) < 4.78 is 16.3. The topological polar surface area (TPSA) is 76.2 Å². The maximum absolute atomic E-state index is 13.6. The largest absolute Gasteiger partial charge is 0.497 e. The lowest BCUT2D eigenvalue weighted by molar-refractivity contribution is -0.122.